The summed E-state index contributed by atoms with van der Waals surface area (Å²) in [4.78, 5) is 3.02. The molecule has 0 saturated heterocycles. The summed E-state index contributed by atoms with van der Waals surface area (Å²) in [7, 11) is 1.69. The minimum absolute atomic E-state index is 0.599. The van der Waals surface area contributed by atoms with Crippen LogP contribution in [0.1, 0.15) is 32.1 Å². The Morgan fingerprint density at radius 3 is 2.61 bits per heavy atom. The number of hydrogen-bond acceptors (Lipinski definition) is 4. The topological polar surface area (TPSA) is 47.7 Å². The second-order valence-electron chi connectivity index (χ2n) is 4.83. The minimum atomic E-state index is 0.599. The van der Waals surface area contributed by atoms with E-state index in [9.17, 15) is 0 Å². The monoisotopic (exact) mass is 274 g/mol. The molecule has 0 aromatic heterocycles. The molecule has 1 aliphatic rings. The standard InChI is InChI=1S/C13H26N2O2S/c1-16-9-10-17-8-4-7-15(11-13(14)18)12-5-2-3-6-12/h12H,2-11H2,1H3,(H2,14,18). The molecule has 0 radical (unpaired) electrons. The molecule has 1 aliphatic carbocycles. The highest BCUT2D eigenvalue weighted by molar-refractivity contribution is 7.80. The van der Waals surface area contributed by atoms with Crippen LogP contribution in [-0.2, 0) is 9.47 Å². The third kappa shape index (κ3) is 6.64. The molecule has 0 atom stereocenters. The average molecular weight is 274 g/mol. The van der Waals surface area contributed by atoms with Gasteiger partial charge in [0.25, 0.3) is 0 Å². The van der Waals surface area contributed by atoms with Crippen molar-refractivity contribution >= 4 is 17.2 Å². The van der Waals surface area contributed by atoms with Crippen LogP contribution in [0.25, 0.3) is 0 Å². The van der Waals surface area contributed by atoms with Gasteiger partial charge in [-0.1, -0.05) is 25.1 Å². The van der Waals surface area contributed by atoms with Crippen molar-refractivity contribution in [3.63, 3.8) is 0 Å². The highest BCUT2D eigenvalue weighted by atomic mass is 32.1. The predicted molar refractivity (Wildman–Crippen MR) is 77.9 cm³/mol. The van der Waals surface area contributed by atoms with Gasteiger partial charge in [-0.2, -0.15) is 0 Å². The maximum atomic E-state index is 5.67. The lowest BCUT2D eigenvalue weighted by Gasteiger charge is -2.28. The number of ether oxygens (including phenoxy) is 2. The van der Waals surface area contributed by atoms with Gasteiger partial charge in [-0.05, 0) is 19.3 Å². The Balaban J connectivity index is 2.17. The summed E-state index contributed by atoms with van der Waals surface area (Å²) in [5.41, 5.74) is 5.67. The summed E-state index contributed by atoms with van der Waals surface area (Å²) in [6, 6.07) is 0.672. The van der Waals surface area contributed by atoms with Crippen molar-refractivity contribution in [2.75, 3.05) is 40.0 Å². The van der Waals surface area contributed by atoms with Crippen LogP contribution >= 0.6 is 12.2 Å². The summed E-state index contributed by atoms with van der Waals surface area (Å²) >= 11 is 5.03. The predicted octanol–water partition coefficient (Wildman–Crippen LogP) is 1.57. The highest BCUT2D eigenvalue weighted by Gasteiger charge is 2.22. The van der Waals surface area contributed by atoms with E-state index in [2.05, 4.69) is 4.90 Å². The lowest BCUT2D eigenvalue weighted by Crippen LogP contribution is -2.40. The molecule has 0 unspecified atom stereocenters. The molecule has 0 amide bonds. The van der Waals surface area contributed by atoms with Gasteiger partial charge in [0.1, 0.15) is 0 Å². The zero-order valence-corrected chi connectivity index (χ0v) is 12.2. The Morgan fingerprint density at radius 1 is 1.28 bits per heavy atom. The van der Waals surface area contributed by atoms with Crippen LogP contribution in [0, 0.1) is 0 Å². The zero-order chi connectivity index (χ0) is 13.2. The minimum Gasteiger partial charge on any atom is -0.392 e. The molecule has 0 aromatic carbocycles. The van der Waals surface area contributed by atoms with E-state index in [-0.39, 0.29) is 0 Å². The van der Waals surface area contributed by atoms with E-state index >= 15 is 0 Å². The van der Waals surface area contributed by atoms with E-state index in [1.807, 2.05) is 0 Å². The third-order valence-corrected chi connectivity index (χ3v) is 3.49. The Morgan fingerprint density at radius 2 is 2.00 bits per heavy atom. The molecule has 0 bridgehead atoms. The summed E-state index contributed by atoms with van der Waals surface area (Å²) in [6.45, 7) is 3.89. The molecule has 1 saturated carbocycles. The van der Waals surface area contributed by atoms with Crippen LogP contribution in [0.15, 0.2) is 0 Å². The van der Waals surface area contributed by atoms with Crippen molar-refractivity contribution in [1.29, 1.82) is 0 Å². The number of methoxy groups -OCH3 is 1. The van der Waals surface area contributed by atoms with E-state index in [0.29, 0.717) is 24.2 Å². The first-order valence-corrected chi connectivity index (χ1v) is 7.24. The number of nitrogens with zero attached hydrogens (tertiary/aromatic N) is 1. The zero-order valence-electron chi connectivity index (χ0n) is 11.4. The first-order valence-electron chi connectivity index (χ1n) is 6.83. The molecular formula is C13H26N2O2S. The van der Waals surface area contributed by atoms with Crippen molar-refractivity contribution < 1.29 is 9.47 Å². The highest BCUT2D eigenvalue weighted by Crippen LogP contribution is 2.23. The molecule has 106 valence electrons. The largest absolute Gasteiger partial charge is 0.392 e. The van der Waals surface area contributed by atoms with Crippen LogP contribution in [0.2, 0.25) is 0 Å². The molecule has 18 heavy (non-hydrogen) atoms. The molecule has 0 heterocycles. The lowest BCUT2D eigenvalue weighted by atomic mass is 10.2. The van der Waals surface area contributed by atoms with Crippen molar-refractivity contribution in [2.45, 2.75) is 38.1 Å². The first-order chi connectivity index (χ1) is 8.74. The summed E-state index contributed by atoms with van der Waals surface area (Å²) in [5.74, 6) is 0. The molecule has 0 aromatic rings. The SMILES string of the molecule is COCCOCCCN(CC(N)=S)C1CCCC1. The van der Waals surface area contributed by atoms with Crippen LogP contribution in [-0.4, -0.2) is 56.0 Å². The lowest BCUT2D eigenvalue weighted by molar-refractivity contribution is 0.0639. The maximum Gasteiger partial charge on any atom is 0.0870 e. The van der Waals surface area contributed by atoms with E-state index in [1.54, 1.807) is 7.11 Å². The molecule has 0 spiro atoms. The normalized spacial score (nSPS) is 16.6. The number of thiocarbonyl (C=S) groups is 1. The molecular weight excluding hydrogens is 248 g/mol. The van der Waals surface area contributed by atoms with E-state index in [0.717, 1.165) is 26.1 Å². The van der Waals surface area contributed by atoms with Crippen molar-refractivity contribution in [3.05, 3.63) is 0 Å². The van der Waals surface area contributed by atoms with Gasteiger partial charge in [0.05, 0.1) is 18.2 Å². The van der Waals surface area contributed by atoms with Gasteiger partial charge in [-0.3, -0.25) is 4.90 Å². The fraction of sp³-hybridized carbons (Fsp3) is 0.923. The van der Waals surface area contributed by atoms with Crippen LogP contribution < -0.4 is 5.73 Å². The quantitative estimate of drug-likeness (QED) is 0.484. The maximum absolute atomic E-state index is 5.67. The van der Waals surface area contributed by atoms with Gasteiger partial charge in [-0.25, -0.2) is 0 Å². The smallest absolute Gasteiger partial charge is 0.0870 e. The molecule has 4 nitrogen and oxygen atoms in total. The number of rotatable bonds is 10. The Kier molecular flexibility index (Phi) is 8.50. The summed E-state index contributed by atoms with van der Waals surface area (Å²) in [6.07, 6.45) is 6.27. The summed E-state index contributed by atoms with van der Waals surface area (Å²) in [5, 5.41) is 0. The van der Waals surface area contributed by atoms with Crippen molar-refractivity contribution in [1.82, 2.24) is 4.90 Å². The van der Waals surface area contributed by atoms with E-state index < -0.39 is 0 Å². The van der Waals surface area contributed by atoms with Gasteiger partial charge >= 0.3 is 0 Å². The molecule has 2 N–H and O–H groups in total. The average Bonchev–Trinajstić information content (AvgIpc) is 2.85. The Labute approximate surface area is 116 Å². The first kappa shape index (κ1) is 15.8. The van der Waals surface area contributed by atoms with Gasteiger partial charge in [0.2, 0.25) is 0 Å². The second-order valence-corrected chi connectivity index (χ2v) is 5.36. The molecule has 5 heteroatoms. The van der Waals surface area contributed by atoms with E-state index in [1.165, 1.54) is 25.7 Å². The summed E-state index contributed by atoms with van der Waals surface area (Å²) < 4.78 is 10.4. The van der Waals surface area contributed by atoms with Gasteiger partial charge < -0.3 is 15.2 Å². The van der Waals surface area contributed by atoms with Gasteiger partial charge in [0.15, 0.2) is 0 Å². The van der Waals surface area contributed by atoms with Crippen LogP contribution in [0.3, 0.4) is 0 Å². The van der Waals surface area contributed by atoms with Gasteiger partial charge in [-0.15, -0.1) is 0 Å². The Bertz CT molecular complexity index is 233. The number of hydrogen-bond donors (Lipinski definition) is 1. The van der Waals surface area contributed by atoms with Crippen molar-refractivity contribution in [3.8, 4) is 0 Å². The van der Waals surface area contributed by atoms with Crippen LogP contribution in [0.5, 0.6) is 0 Å². The second kappa shape index (κ2) is 9.67. The molecule has 1 fully saturated rings. The fourth-order valence-corrected chi connectivity index (χ4v) is 2.64. The van der Waals surface area contributed by atoms with E-state index in [4.69, 9.17) is 27.4 Å². The third-order valence-electron chi connectivity index (χ3n) is 3.37. The van der Waals surface area contributed by atoms with Crippen molar-refractivity contribution in [2.24, 2.45) is 5.73 Å². The number of nitrogens with two attached hydrogens (primary N) is 1. The van der Waals surface area contributed by atoms with Crippen LogP contribution in [0.4, 0.5) is 0 Å². The molecule has 0 aliphatic heterocycles. The Hall–Kier alpha value is -0.230. The fourth-order valence-electron chi connectivity index (χ4n) is 2.47. The molecule has 1 rings (SSSR count). The van der Waals surface area contributed by atoms with Gasteiger partial charge in [0, 0.05) is 32.8 Å².